The number of unbranched alkanes of at least 4 members (excludes halogenated alkanes) is 1. The van der Waals surface area contributed by atoms with Crippen molar-refractivity contribution in [1.29, 1.82) is 0 Å². The van der Waals surface area contributed by atoms with Gasteiger partial charge in [0.2, 0.25) is 0 Å². The van der Waals surface area contributed by atoms with Gasteiger partial charge in [0.15, 0.2) is 0 Å². The Hall–Kier alpha value is -1.86. The maximum absolute atomic E-state index is 12.6. The molecular formula is C20H23N2O3S2-. The van der Waals surface area contributed by atoms with Crippen LogP contribution >= 0.6 is 24.0 Å². The van der Waals surface area contributed by atoms with E-state index in [1.54, 1.807) is 4.90 Å². The zero-order chi connectivity index (χ0) is 19.2. The van der Waals surface area contributed by atoms with E-state index in [1.807, 2.05) is 18.2 Å². The van der Waals surface area contributed by atoms with Crippen molar-refractivity contribution in [1.82, 2.24) is 4.90 Å². The second-order valence-corrected chi connectivity index (χ2v) is 8.48. The van der Waals surface area contributed by atoms with Gasteiger partial charge in [-0.2, -0.15) is 0 Å². The van der Waals surface area contributed by atoms with Crippen LogP contribution in [0.15, 0.2) is 29.2 Å². The first-order valence-corrected chi connectivity index (χ1v) is 10.6. The van der Waals surface area contributed by atoms with Crippen LogP contribution in [-0.4, -0.2) is 40.7 Å². The number of benzene rings is 1. The number of thioether (sulfide) groups is 1. The molecule has 7 heteroatoms. The number of carbonyl (C=O) groups is 2. The number of nitrogens with zero attached hydrogens (tertiary/aromatic N) is 2. The van der Waals surface area contributed by atoms with E-state index in [1.165, 1.54) is 36.7 Å². The minimum Gasteiger partial charge on any atom is -0.550 e. The van der Waals surface area contributed by atoms with E-state index in [2.05, 4.69) is 17.0 Å². The normalized spacial score (nSPS) is 19.2. The van der Waals surface area contributed by atoms with Crippen molar-refractivity contribution >= 4 is 51.9 Å². The second kappa shape index (κ2) is 9.37. The Morgan fingerprint density at radius 2 is 1.85 bits per heavy atom. The van der Waals surface area contributed by atoms with Gasteiger partial charge in [0.1, 0.15) is 4.32 Å². The molecule has 1 aromatic carbocycles. The molecule has 144 valence electrons. The molecule has 2 fully saturated rings. The number of piperidine rings is 1. The number of carbonyl (C=O) groups excluding carboxylic acids is 2. The first kappa shape index (κ1) is 19.9. The molecule has 1 aromatic rings. The van der Waals surface area contributed by atoms with Crippen LogP contribution in [-0.2, 0) is 9.59 Å². The molecule has 0 aromatic heterocycles. The fraction of sp³-hybridized carbons (Fsp3) is 0.450. The van der Waals surface area contributed by atoms with Crippen LogP contribution in [0, 0.1) is 0 Å². The summed E-state index contributed by atoms with van der Waals surface area (Å²) >= 11 is 6.61. The minimum absolute atomic E-state index is 0.00793. The monoisotopic (exact) mass is 403 g/mol. The van der Waals surface area contributed by atoms with Gasteiger partial charge in [-0.05, 0) is 62.3 Å². The van der Waals surface area contributed by atoms with Crippen LogP contribution in [0.25, 0.3) is 6.08 Å². The van der Waals surface area contributed by atoms with E-state index in [0.717, 1.165) is 18.7 Å². The summed E-state index contributed by atoms with van der Waals surface area (Å²) in [6.45, 7) is 2.66. The van der Waals surface area contributed by atoms with Gasteiger partial charge in [-0.1, -0.05) is 36.1 Å². The number of thiocarbonyl (C=S) groups is 1. The van der Waals surface area contributed by atoms with Gasteiger partial charge in [0, 0.05) is 31.3 Å². The third kappa shape index (κ3) is 5.32. The minimum atomic E-state index is -1.06. The van der Waals surface area contributed by atoms with Crippen LogP contribution in [0.4, 0.5) is 5.69 Å². The predicted octanol–water partition coefficient (Wildman–Crippen LogP) is 2.80. The zero-order valence-corrected chi connectivity index (χ0v) is 16.8. The summed E-state index contributed by atoms with van der Waals surface area (Å²) in [5, 5.41) is 10.5. The first-order valence-electron chi connectivity index (χ1n) is 9.35. The lowest BCUT2D eigenvalue weighted by molar-refractivity contribution is -0.305. The number of aliphatic carboxylic acids is 1. The lowest BCUT2D eigenvalue weighted by Gasteiger charge is -2.28. The maximum Gasteiger partial charge on any atom is 0.266 e. The van der Waals surface area contributed by atoms with Crippen molar-refractivity contribution < 1.29 is 14.7 Å². The number of carboxylic acids is 1. The summed E-state index contributed by atoms with van der Waals surface area (Å²) in [7, 11) is 0. The van der Waals surface area contributed by atoms with Crippen molar-refractivity contribution in [2.24, 2.45) is 0 Å². The van der Waals surface area contributed by atoms with Gasteiger partial charge in [-0.3, -0.25) is 9.69 Å². The lowest BCUT2D eigenvalue weighted by atomic mass is 10.1. The summed E-state index contributed by atoms with van der Waals surface area (Å²) in [5.74, 6) is -1.16. The van der Waals surface area contributed by atoms with Crippen molar-refractivity contribution in [2.45, 2.75) is 38.5 Å². The molecule has 0 saturated carbocycles. The Labute approximate surface area is 169 Å². The molecule has 0 spiro atoms. The Kier molecular flexibility index (Phi) is 6.90. The van der Waals surface area contributed by atoms with Gasteiger partial charge in [0.25, 0.3) is 5.91 Å². The number of hydrogen-bond donors (Lipinski definition) is 0. The van der Waals surface area contributed by atoms with Gasteiger partial charge in [-0.25, -0.2) is 0 Å². The molecule has 27 heavy (non-hydrogen) atoms. The number of amides is 1. The van der Waals surface area contributed by atoms with Crippen LogP contribution < -0.4 is 10.0 Å². The topological polar surface area (TPSA) is 63.7 Å². The highest BCUT2D eigenvalue weighted by Gasteiger charge is 2.31. The van der Waals surface area contributed by atoms with Crippen LogP contribution in [0.3, 0.4) is 0 Å². The lowest BCUT2D eigenvalue weighted by Crippen LogP contribution is -2.29. The highest BCUT2D eigenvalue weighted by atomic mass is 32.2. The molecule has 2 aliphatic rings. The van der Waals surface area contributed by atoms with Crippen molar-refractivity contribution in [3.8, 4) is 0 Å². The molecule has 3 rings (SSSR count). The van der Waals surface area contributed by atoms with Gasteiger partial charge >= 0.3 is 0 Å². The molecule has 5 nitrogen and oxygen atoms in total. The molecule has 2 heterocycles. The number of hydrogen-bond acceptors (Lipinski definition) is 6. The van der Waals surface area contributed by atoms with E-state index < -0.39 is 5.97 Å². The Balaban J connectivity index is 1.60. The zero-order valence-electron chi connectivity index (χ0n) is 15.2. The molecule has 0 unspecified atom stereocenters. The molecule has 0 N–H and O–H groups in total. The van der Waals surface area contributed by atoms with Crippen molar-refractivity contribution in [3.63, 3.8) is 0 Å². The molecule has 2 saturated heterocycles. The Morgan fingerprint density at radius 3 is 2.52 bits per heavy atom. The number of carboxylic acid groups (broad SMARTS) is 1. The van der Waals surface area contributed by atoms with E-state index in [4.69, 9.17) is 12.2 Å². The second-order valence-electron chi connectivity index (χ2n) is 6.80. The maximum atomic E-state index is 12.6. The van der Waals surface area contributed by atoms with Crippen LogP contribution in [0.1, 0.15) is 44.1 Å². The first-order chi connectivity index (χ1) is 13.0. The largest absolute Gasteiger partial charge is 0.550 e. The fourth-order valence-corrected chi connectivity index (χ4v) is 4.63. The van der Waals surface area contributed by atoms with Gasteiger partial charge < -0.3 is 14.8 Å². The van der Waals surface area contributed by atoms with Gasteiger partial charge in [0.05, 0.1) is 4.91 Å². The smallest absolute Gasteiger partial charge is 0.266 e. The molecule has 0 aliphatic carbocycles. The standard InChI is InChI=1S/C20H24N2O3S2/c23-18(24)6-2-5-13-22-19(25)17(27-20(22)26)14-15-7-9-16(10-8-15)21-11-3-1-4-12-21/h7-10,14H,1-6,11-13H2,(H,23,24)/p-1/b17-14+. The molecule has 1 amide bonds. The summed E-state index contributed by atoms with van der Waals surface area (Å²) in [6.07, 6.45) is 6.76. The summed E-state index contributed by atoms with van der Waals surface area (Å²) < 4.78 is 0.532. The average molecular weight is 404 g/mol. The molecular weight excluding hydrogens is 380 g/mol. The van der Waals surface area contributed by atoms with Crippen molar-refractivity contribution in [3.05, 3.63) is 34.7 Å². The predicted molar refractivity (Wildman–Crippen MR) is 111 cm³/mol. The van der Waals surface area contributed by atoms with Gasteiger partial charge in [-0.15, -0.1) is 0 Å². The van der Waals surface area contributed by atoms with E-state index in [-0.39, 0.29) is 12.3 Å². The SMILES string of the molecule is O=C([O-])CCCCN1C(=O)/C(=C\c2ccc(N3CCCCC3)cc2)SC1=S. The number of rotatable bonds is 7. The fourth-order valence-electron chi connectivity index (χ4n) is 3.32. The number of anilines is 1. The van der Waals surface area contributed by atoms with E-state index in [0.29, 0.717) is 28.6 Å². The summed E-state index contributed by atoms with van der Waals surface area (Å²) in [5.41, 5.74) is 2.21. The molecule has 0 bridgehead atoms. The highest BCUT2D eigenvalue weighted by Crippen LogP contribution is 2.33. The Bertz CT molecular complexity index is 740. The molecule has 2 aliphatic heterocycles. The average Bonchev–Trinajstić information content (AvgIpc) is 2.93. The highest BCUT2D eigenvalue weighted by molar-refractivity contribution is 8.26. The Morgan fingerprint density at radius 1 is 1.15 bits per heavy atom. The third-order valence-electron chi connectivity index (χ3n) is 4.80. The molecule has 0 radical (unpaired) electrons. The molecule has 0 atom stereocenters. The van der Waals surface area contributed by atoms with E-state index >= 15 is 0 Å². The third-order valence-corrected chi connectivity index (χ3v) is 6.18. The van der Waals surface area contributed by atoms with Crippen LogP contribution in [0.2, 0.25) is 0 Å². The quantitative estimate of drug-likeness (QED) is 0.396. The van der Waals surface area contributed by atoms with Crippen LogP contribution in [0.5, 0.6) is 0 Å². The van der Waals surface area contributed by atoms with E-state index in [9.17, 15) is 14.7 Å². The van der Waals surface area contributed by atoms with Crippen molar-refractivity contribution in [2.75, 3.05) is 24.5 Å². The summed E-state index contributed by atoms with van der Waals surface area (Å²) in [6, 6.07) is 8.29. The summed E-state index contributed by atoms with van der Waals surface area (Å²) in [4.78, 5) is 27.6.